The molecule has 1 N–H and O–H groups in total. The first kappa shape index (κ1) is 17.9. The number of benzene rings is 1. The van der Waals surface area contributed by atoms with Gasteiger partial charge in [0.05, 0.1) is 11.5 Å². The molecule has 1 aromatic rings. The Balaban J connectivity index is 1.87. The van der Waals surface area contributed by atoms with Crippen LogP contribution in [0.1, 0.15) is 44.6 Å². The summed E-state index contributed by atoms with van der Waals surface area (Å²) >= 11 is 0. The Kier molecular flexibility index (Phi) is 6.18. The minimum absolute atomic E-state index is 0.148. The fourth-order valence-electron chi connectivity index (χ4n) is 2.75. The number of esters is 1. The van der Waals surface area contributed by atoms with Gasteiger partial charge in [0.25, 0.3) is 0 Å². The molecule has 2 rings (SSSR count). The molecule has 1 aliphatic rings. The van der Waals surface area contributed by atoms with Crippen molar-refractivity contribution >= 4 is 16.0 Å². The van der Waals surface area contributed by atoms with E-state index < -0.39 is 22.0 Å². The fraction of sp³-hybridized carbons (Fsp3) is 0.588. The van der Waals surface area contributed by atoms with Crippen LogP contribution in [-0.4, -0.2) is 27.0 Å². The molecule has 0 saturated heterocycles. The third kappa shape index (κ3) is 5.32. The van der Waals surface area contributed by atoms with Crippen LogP contribution in [0.4, 0.5) is 0 Å². The van der Waals surface area contributed by atoms with Gasteiger partial charge in [0.1, 0.15) is 6.04 Å². The first-order chi connectivity index (χ1) is 10.9. The maximum atomic E-state index is 12.2. The maximum absolute atomic E-state index is 12.2. The third-order valence-electron chi connectivity index (χ3n) is 4.20. The predicted octanol–water partition coefficient (Wildman–Crippen LogP) is 2.79. The molecule has 23 heavy (non-hydrogen) atoms. The van der Waals surface area contributed by atoms with Crippen LogP contribution in [0.2, 0.25) is 0 Å². The summed E-state index contributed by atoms with van der Waals surface area (Å²) < 4.78 is 32.1. The highest BCUT2D eigenvalue weighted by Gasteiger charge is 2.24. The van der Waals surface area contributed by atoms with E-state index in [2.05, 4.69) is 4.72 Å². The van der Waals surface area contributed by atoms with E-state index in [9.17, 15) is 13.2 Å². The number of carbonyl (C=O) groups excluding carboxylic acids is 1. The van der Waals surface area contributed by atoms with Gasteiger partial charge in [0.2, 0.25) is 10.0 Å². The van der Waals surface area contributed by atoms with Crippen LogP contribution in [0.5, 0.6) is 0 Å². The second-order valence-electron chi connectivity index (χ2n) is 6.29. The van der Waals surface area contributed by atoms with E-state index in [4.69, 9.17) is 4.74 Å². The van der Waals surface area contributed by atoms with Crippen LogP contribution < -0.4 is 4.72 Å². The smallest absolute Gasteiger partial charge is 0.323 e. The quantitative estimate of drug-likeness (QED) is 0.809. The summed E-state index contributed by atoms with van der Waals surface area (Å²) in [5.41, 5.74) is 0.976. The van der Waals surface area contributed by atoms with E-state index in [0.717, 1.165) is 18.4 Å². The van der Waals surface area contributed by atoms with Gasteiger partial charge in [-0.1, -0.05) is 37.0 Å². The Morgan fingerprint density at radius 3 is 2.43 bits per heavy atom. The van der Waals surface area contributed by atoms with Crippen molar-refractivity contribution in [3.05, 3.63) is 29.8 Å². The summed E-state index contributed by atoms with van der Waals surface area (Å²) in [6.07, 6.45) is 5.76. The summed E-state index contributed by atoms with van der Waals surface area (Å²) in [6, 6.07) is 5.60. The summed E-state index contributed by atoms with van der Waals surface area (Å²) in [6.45, 7) is 3.78. The predicted molar refractivity (Wildman–Crippen MR) is 88.5 cm³/mol. The number of ether oxygens (including phenoxy) is 1. The third-order valence-corrected chi connectivity index (χ3v) is 5.76. The molecule has 0 spiro atoms. The Labute approximate surface area is 138 Å². The summed E-state index contributed by atoms with van der Waals surface area (Å²) in [4.78, 5) is 12.1. The number of hydrogen-bond acceptors (Lipinski definition) is 4. The molecule has 1 aliphatic carbocycles. The van der Waals surface area contributed by atoms with Crippen LogP contribution in [-0.2, 0) is 19.6 Å². The fourth-order valence-corrected chi connectivity index (χ4v) is 3.94. The molecule has 1 aromatic carbocycles. The summed E-state index contributed by atoms with van der Waals surface area (Å²) in [7, 11) is -3.72. The minimum atomic E-state index is -3.72. The van der Waals surface area contributed by atoms with Crippen molar-refractivity contribution in [2.24, 2.45) is 5.92 Å². The molecule has 5 nitrogen and oxygen atoms in total. The Morgan fingerprint density at radius 2 is 1.83 bits per heavy atom. The van der Waals surface area contributed by atoms with Crippen molar-refractivity contribution in [3.8, 4) is 0 Å². The zero-order chi connectivity index (χ0) is 16.9. The van der Waals surface area contributed by atoms with E-state index in [1.807, 2.05) is 6.92 Å². The van der Waals surface area contributed by atoms with Gasteiger partial charge in [0.15, 0.2) is 0 Å². The largest absolute Gasteiger partial charge is 0.464 e. The molecule has 1 unspecified atom stereocenters. The zero-order valence-corrected chi connectivity index (χ0v) is 14.6. The number of rotatable bonds is 6. The molecule has 0 bridgehead atoms. The molecule has 0 radical (unpaired) electrons. The topological polar surface area (TPSA) is 72.5 Å². The molecule has 1 saturated carbocycles. The molecule has 1 atom stereocenters. The van der Waals surface area contributed by atoms with Crippen LogP contribution in [0.15, 0.2) is 29.2 Å². The van der Waals surface area contributed by atoms with Gasteiger partial charge in [-0.2, -0.15) is 4.72 Å². The molecule has 128 valence electrons. The second-order valence-corrected chi connectivity index (χ2v) is 8.00. The molecule has 0 aliphatic heterocycles. The van der Waals surface area contributed by atoms with Gasteiger partial charge in [-0.05, 0) is 44.7 Å². The lowest BCUT2D eigenvalue weighted by molar-refractivity contribution is -0.146. The molecule has 6 heteroatoms. The second kappa shape index (κ2) is 7.93. The minimum Gasteiger partial charge on any atom is -0.464 e. The highest BCUT2D eigenvalue weighted by Crippen LogP contribution is 2.23. The number of carbonyl (C=O) groups is 1. The van der Waals surface area contributed by atoms with E-state index in [1.165, 1.54) is 38.3 Å². The van der Waals surface area contributed by atoms with Gasteiger partial charge in [-0.15, -0.1) is 0 Å². The van der Waals surface area contributed by atoms with Gasteiger partial charge >= 0.3 is 5.97 Å². The van der Waals surface area contributed by atoms with Gasteiger partial charge < -0.3 is 4.74 Å². The van der Waals surface area contributed by atoms with E-state index in [1.54, 1.807) is 12.1 Å². The van der Waals surface area contributed by atoms with Gasteiger partial charge in [0, 0.05) is 0 Å². The number of aryl methyl sites for hydroxylation is 1. The lowest BCUT2D eigenvalue weighted by Crippen LogP contribution is -2.40. The van der Waals surface area contributed by atoms with E-state index in [-0.39, 0.29) is 4.90 Å². The number of nitrogens with one attached hydrogen (secondary N) is 1. The van der Waals surface area contributed by atoms with Crippen molar-refractivity contribution in [3.63, 3.8) is 0 Å². The van der Waals surface area contributed by atoms with Gasteiger partial charge in [-0.25, -0.2) is 8.42 Å². The van der Waals surface area contributed by atoms with Crippen molar-refractivity contribution < 1.29 is 17.9 Å². The first-order valence-electron chi connectivity index (χ1n) is 8.14. The number of sulfonamides is 1. The van der Waals surface area contributed by atoms with Crippen LogP contribution >= 0.6 is 0 Å². The summed E-state index contributed by atoms with van der Waals surface area (Å²) in [5, 5.41) is 0. The molecular formula is C17H25NO4S. The Bertz CT molecular complexity index is 618. The lowest BCUT2D eigenvalue weighted by atomic mass is 9.90. The average Bonchev–Trinajstić information content (AvgIpc) is 2.53. The Morgan fingerprint density at radius 1 is 1.22 bits per heavy atom. The van der Waals surface area contributed by atoms with E-state index in [0.29, 0.717) is 12.5 Å². The normalized spacial score (nSPS) is 17.7. The van der Waals surface area contributed by atoms with Gasteiger partial charge in [-0.3, -0.25) is 4.79 Å². The SMILES string of the molecule is Cc1ccc(S(=O)(=O)NC(C)C(=O)OCC2CCCCC2)cc1. The van der Waals surface area contributed by atoms with Crippen molar-refractivity contribution in [2.45, 2.75) is 56.9 Å². The van der Waals surface area contributed by atoms with Crippen LogP contribution in [0.3, 0.4) is 0 Å². The Hall–Kier alpha value is -1.40. The van der Waals surface area contributed by atoms with Crippen LogP contribution in [0.25, 0.3) is 0 Å². The highest BCUT2D eigenvalue weighted by atomic mass is 32.2. The average molecular weight is 339 g/mol. The maximum Gasteiger partial charge on any atom is 0.323 e. The molecule has 0 aromatic heterocycles. The molecule has 0 amide bonds. The first-order valence-corrected chi connectivity index (χ1v) is 9.62. The lowest BCUT2D eigenvalue weighted by Gasteiger charge is -2.22. The van der Waals surface area contributed by atoms with Crippen molar-refractivity contribution in [1.82, 2.24) is 4.72 Å². The monoisotopic (exact) mass is 339 g/mol. The standard InChI is InChI=1S/C17H25NO4S/c1-13-8-10-16(11-9-13)23(20,21)18-14(2)17(19)22-12-15-6-4-3-5-7-15/h8-11,14-15,18H,3-7,12H2,1-2H3. The molecule has 0 heterocycles. The zero-order valence-electron chi connectivity index (χ0n) is 13.7. The van der Waals surface area contributed by atoms with Crippen LogP contribution in [0, 0.1) is 12.8 Å². The molecular weight excluding hydrogens is 314 g/mol. The van der Waals surface area contributed by atoms with Crippen molar-refractivity contribution in [2.75, 3.05) is 6.61 Å². The number of hydrogen-bond donors (Lipinski definition) is 1. The highest BCUT2D eigenvalue weighted by molar-refractivity contribution is 7.89. The molecule has 1 fully saturated rings. The van der Waals surface area contributed by atoms with E-state index >= 15 is 0 Å². The van der Waals surface area contributed by atoms with Crippen molar-refractivity contribution in [1.29, 1.82) is 0 Å². The summed E-state index contributed by atoms with van der Waals surface area (Å²) in [5.74, 6) is -0.111.